The van der Waals surface area contributed by atoms with E-state index in [-0.39, 0.29) is 23.6 Å². The van der Waals surface area contributed by atoms with Crippen LogP contribution in [0.5, 0.6) is 0 Å². The third-order valence-electron chi connectivity index (χ3n) is 4.63. The largest absolute Gasteiger partial charge is 0.331 e. The van der Waals surface area contributed by atoms with E-state index in [9.17, 15) is 9.59 Å². The van der Waals surface area contributed by atoms with Gasteiger partial charge in [-0.25, -0.2) is 0 Å². The molecule has 0 saturated heterocycles. The molecule has 0 radical (unpaired) electrons. The lowest BCUT2D eigenvalue weighted by molar-refractivity contribution is 0.0684. The predicted octanol–water partition coefficient (Wildman–Crippen LogP) is 4.69. The number of aryl methyl sites for hydroxylation is 1. The van der Waals surface area contributed by atoms with Crippen LogP contribution >= 0.6 is 0 Å². The van der Waals surface area contributed by atoms with Gasteiger partial charge in [0.25, 0.3) is 11.8 Å². The molecule has 1 N–H and O–H groups in total. The van der Waals surface area contributed by atoms with E-state index in [0.29, 0.717) is 17.8 Å². The molecule has 0 fully saturated rings. The molecule has 5 nitrogen and oxygen atoms in total. The standard InChI is InChI=1S/C24H25N3O2/c1-17(2)27(16-19-7-5-4-6-8-19)24(29)22-15-20(13-14-25-22)23(28)26-21-11-9-18(3)10-12-21/h4-15,17H,16H2,1-3H3,(H,26,28). The number of benzene rings is 2. The van der Waals surface area contributed by atoms with Crippen LogP contribution in [-0.4, -0.2) is 27.7 Å². The summed E-state index contributed by atoms with van der Waals surface area (Å²) in [5.41, 5.74) is 3.52. The first-order valence-corrected chi connectivity index (χ1v) is 9.63. The summed E-state index contributed by atoms with van der Waals surface area (Å²) in [4.78, 5) is 31.7. The summed E-state index contributed by atoms with van der Waals surface area (Å²) in [5.74, 6) is -0.474. The molecule has 0 aliphatic carbocycles. The summed E-state index contributed by atoms with van der Waals surface area (Å²) in [6.45, 7) is 6.41. The number of aromatic nitrogens is 1. The first kappa shape index (κ1) is 20.3. The van der Waals surface area contributed by atoms with Crippen molar-refractivity contribution < 1.29 is 9.59 Å². The Morgan fingerprint density at radius 1 is 1.00 bits per heavy atom. The zero-order valence-electron chi connectivity index (χ0n) is 16.9. The lowest BCUT2D eigenvalue weighted by atomic mass is 10.1. The van der Waals surface area contributed by atoms with Crippen LogP contribution < -0.4 is 5.32 Å². The van der Waals surface area contributed by atoms with Crippen molar-refractivity contribution in [3.63, 3.8) is 0 Å². The van der Waals surface area contributed by atoms with Crippen LogP contribution in [0.1, 0.15) is 45.8 Å². The maximum atomic E-state index is 13.1. The molecule has 1 heterocycles. The van der Waals surface area contributed by atoms with Crippen LogP contribution in [0.3, 0.4) is 0 Å². The van der Waals surface area contributed by atoms with Crippen LogP contribution in [-0.2, 0) is 6.54 Å². The van der Waals surface area contributed by atoms with E-state index >= 15 is 0 Å². The molecule has 148 valence electrons. The summed E-state index contributed by atoms with van der Waals surface area (Å²) < 4.78 is 0. The van der Waals surface area contributed by atoms with Gasteiger partial charge >= 0.3 is 0 Å². The third-order valence-corrected chi connectivity index (χ3v) is 4.63. The van der Waals surface area contributed by atoms with Crippen molar-refractivity contribution in [2.45, 2.75) is 33.4 Å². The number of hydrogen-bond donors (Lipinski definition) is 1. The van der Waals surface area contributed by atoms with Gasteiger partial charge in [-0.3, -0.25) is 14.6 Å². The smallest absolute Gasteiger partial charge is 0.272 e. The highest BCUT2D eigenvalue weighted by atomic mass is 16.2. The average molecular weight is 387 g/mol. The average Bonchev–Trinajstić information content (AvgIpc) is 2.74. The lowest BCUT2D eigenvalue weighted by Crippen LogP contribution is -2.37. The molecule has 0 spiro atoms. The van der Waals surface area contributed by atoms with E-state index in [1.807, 2.05) is 75.4 Å². The molecule has 0 unspecified atom stereocenters. The molecule has 5 heteroatoms. The molecule has 29 heavy (non-hydrogen) atoms. The van der Waals surface area contributed by atoms with Crippen molar-refractivity contribution in [1.29, 1.82) is 0 Å². The number of hydrogen-bond acceptors (Lipinski definition) is 3. The van der Waals surface area contributed by atoms with Gasteiger partial charge < -0.3 is 10.2 Å². The van der Waals surface area contributed by atoms with Gasteiger partial charge in [-0.1, -0.05) is 48.0 Å². The Morgan fingerprint density at radius 3 is 2.34 bits per heavy atom. The molecule has 3 rings (SSSR count). The predicted molar refractivity (Wildman–Crippen MR) is 115 cm³/mol. The molecule has 2 amide bonds. The number of amides is 2. The number of pyridine rings is 1. The SMILES string of the molecule is Cc1ccc(NC(=O)c2ccnc(C(=O)N(Cc3ccccc3)C(C)C)c2)cc1. The first-order valence-electron chi connectivity index (χ1n) is 9.63. The Balaban J connectivity index is 1.78. The minimum Gasteiger partial charge on any atom is -0.331 e. The van der Waals surface area contributed by atoms with Crippen molar-refractivity contribution in [3.05, 3.63) is 95.3 Å². The van der Waals surface area contributed by atoms with Crippen LogP contribution in [0, 0.1) is 6.92 Å². The molecular weight excluding hydrogens is 362 g/mol. The topological polar surface area (TPSA) is 62.3 Å². The van der Waals surface area contributed by atoms with E-state index in [0.717, 1.165) is 11.1 Å². The van der Waals surface area contributed by atoms with E-state index in [1.165, 1.54) is 6.20 Å². The summed E-state index contributed by atoms with van der Waals surface area (Å²) in [7, 11) is 0. The molecule has 3 aromatic rings. The van der Waals surface area contributed by atoms with Crippen molar-refractivity contribution in [2.75, 3.05) is 5.32 Å². The second-order valence-corrected chi connectivity index (χ2v) is 7.26. The Kier molecular flexibility index (Phi) is 6.39. The number of carbonyl (C=O) groups is 2. The number of nitrogens with zero attached hydrogens (tertiary/aromatic N) is 2. The number of anilines is 1. The van der Waals surface area contributed by atoms with Crippen molar-refractivity contribution in [1.82, 2.24) is 9.88 Å². The van der Waals surface area contributed by atoms with Gasteiger partial charge in [-0.05, 0) is 50.6 Å². The molecule has 2 aromatic carbocycles. The normalized spacial score (nSPS) is 10.6. The Morgan fingerprint density at radius 2 is 1.69 bits per heavy atom. The third kappa shape index (κ3) is 5.29. The first-order chi connectivity index (χ1) is 13.9. The number of carbonyl (C=O) groups excluding carboxylic acids is 2. The van der Waals surface area contributed by atoms with Crippen molar-refractivity contribution >= 4 is 17.5 Å². The minimum atomic E-state index is -0.274. The zero-order chi connectivity index (χ0) is 20.8. The molecule has 0 atom stereocenters. The van der Waals surface area contributed by atoms with E-state index in [2.05, 4.69) is 10.3 Å². The molecule has 1 aromatic heterocycles. The number of nitrogens with one attached hydrogen (secondary N) is 1. The van der Waals surface area contributed by atoms with Crippen LogP contribution in [0.15, 0.2) is 72.9 Å². The molecule has 0 saturated carbocycles. The molecule has 0 aliphatic heterocycles. The van der Waals surface area contributed by atoms with Gasteiger partial charge in [-0.15, -0.1) is 0 Å². The highest BCUT2D eigenvalue weighted by molar-refractivity contribution is 6.05. The van der Waals surface area contributed by atoms with Gasteiger partial charge in [0.1, 0.15) is 5.69 Å². The van der Waals surface area contributed by atoms with Gasteiger partial charge in [0.2, 0.25) is 0 Å². The Labute approximate surface area is 171 Å². The van der Waals surface area contributed by atoms with Gasteiger partial charge in [0, 0.05) is 30.0 Å². The molecule has 0 bridgehead atoms. The Hall–Kier alpha value is -3.47. The second kappa shape index (κ2) is 9.15. The van der Waals surface area contributed by atoms with Gasteiger partial charge in [-0.2, -0.15) is 0 Å². The maximum Gasteiger partial charge on any atom is 0.272 e. The second-order valence-electron chi connectivity index (χ2n) is 7.26. The van der Waals surface area contributed by atoms with Crippen molar-refractivity contribution in [3.8, 4) is 0 Å². The zero-order valence-corrected chi connectivity index (χ0v) is 16.9. The maximum absolute atomic E-state index is 13.1. The van der Waals surface area contributed by atoms with E-state index in [4.69, 9.17) is 0 Å². The highest BCUT2D eigenvalue weighted by Crippen LogP contribution is 2.15. The van der Waals surface area contributed by atoms with Crippen LogP contribution in [0.4, 0.5) is 5.69 Å². The molecular formula is C24H25N3O2. The van der Waals surface area contributed by atoms with Crippen LogP contribution in [0.25, 0.3) is 0 Å². The fourth-order valence-corrected chi connectivity index (χ4v) is 2.95. The fraction of sp³-hybridized carbons (Fsp3) is 0.208. The fourth-order valence-electron chi connectivity index (χ4n) is 2.95. The quantitative estimate of drug-likeness (QED) is 0.667. The van der Waals surface area contributed by atoms with Gasteiger partial charge in [0.15, 0.2) is 0 Å². The monoisotopic (exact) mass is 387 g/mol. The van der Waals surface area contributed by atoms with Crippen molar-refractivity contribution in [2.24, 2.45) is 0 Å². The summed E-state index contributed by atoms with van der Waals surface area (Å²) in [6, 6.07) is 20.5. The van der Waals surface area contributed by atoms with E-state index < -0.39 is 0 Å². The number of rotatable bonds is 6. The minimum absolute atomic E-state index is 0.00505. The summed E-state index contributed by atoms with van der Waals surface area (Å²) >= 11 is 0. The summed E-state index contributed by atoms with van der Waals surface area (Å²) in [6.07, 6.45) is 1.50. The van der Waals surface area contributed by atoms with Gasteiger partial charge in [0.05, 0.1) is 0 Å². The van der Waals surface area contributed by atoms with E-state index in [1.54, 1.807) is 17.0 Å². The summed E-state index contributed by atoms with van der Waals surface area (Å²) in [5, 5.41) is 2.85. The Bertz CT molecular complexity index is 983. The lowest BCUT2D eigenvalue weighted by Gasteiger charge is -2.26. The molecule has 0 aliphatic rings. The van der Waals surface area contributed by atoms with Crippen LogP contribution in [0.2, 0.25) is 0 Å². The highest BCUT2D eigenvalue weighted by Gasteiger charge is 2.21.